The standard InChI is InChI=1S/C20H30N2O4S/c1-2-27(24,25)22-13-14-26-16-18-15-21(12-11-19(18)22)20(23)10-6-9-17-7-4-3-5-8-17/h3-5,7-8,18-19H,2,6,9-16H2,1H3/t18-,19-/m1/s1. The average Bonchev–Trinajstić information content (AvgIpc) is 2.91. The first-order valence-electron chi connectivity index (χ1n) is 9.90. The lowest BCUT2D eigenvalue weighted by Gasteiger charge is -2.41. The van der Waals surface area contributed by atoms with E-state index < -0.39 is 10.0 Å². The molecule has 0 radical (unpaired) electrons. The van der Waals surface area contributed by atoms with Crippen LogP contribution in [0.2, 0.25) is 0 Å². The van der Waals surface area contributed by atoms with Gasteiger partial charge in [0, 0.05) is 38.0 Å². The zero-order valence-electron chi connectivity index (χ0n) is 16.0. The highest BCUT2D eigenvalue weighted by Gasteiger charge is 2.40. The Balaban J connectivity index is 1.55. The second-order valence-corrected chi connectivity index (χ2v) is 9.59. The fourth-order valence-electron chi connectivity index (χ4n) is 4.10. The summed E-state index contributed by atoms with van der Waals surface area (Å²) in [6, 6.07) is 10.2. The minimum absolute atomic E-state index is 0.0502. The van der Waals surface area contributed by atoms with Gasteiger partial charge < -0.3 is 9.64 Å². The Labute approximate surface area is 162 Å². The number of benzene rings is 1. The summed E-state index contributed by atoms with van der Waals surface area (Å²) in [4.78, 5) is 14.5. The van der Waals surface area contributed by atoms with Gasteiger partial charge in [0.05, 0.1) is 19.0 Å². The molecule has 150 valence electrons. The van der Waals surface area contributed by atoms with Gasteiger partial charge in [0.25, 0.3) is 0 Å². The molecule has 27 heavy (non-hydrogen) atoms. The van der Waals surface area contributed by atoms with Gasteiger partial charge in [0.2, 0.25) is 15.9 Å². The maximum absolute atomic E-state index is 12.6. The number of hydrogen-bond donors (Lipinski definition) is 0. The maximum Gasteiger partial charge on any atom is 0.222 e. The molecule has 2 aliphatic rings. The fraction of sp³-hybridized carbons (Fsp3) is 0.650. The van der Waals surface area contributed by atoms with Gasteiger partial charge in [0.15, 0.2) is 0 Å². The molecule has 2 atom stereocenters. The molecule has 2 heterocycles. The number of sulfonamides is 1. The van der Waals surface area contributed by atoms with E-state index in [4.69, 9.17) is 4.74 Å². The number of carbonyl (C=O) groups excluding carboxylic acids is 1. The van der Waals surface area contributed by atoms with E-state index in [1.807, 2.05) is 23.1 Å². The Bertz CT molecular complexity index is 723. The summed E-state index contributed by atoms with van der Waals surface area (Å²) < 4.78 is 32.2. The predicted octanol–water partition coefficient (Wildman–Crippen LogP) is 1.91. The van der Waals surface area contributed by atoms with Crippen LogP contribution in [0.5, 0.6) is 0 Å². The quantitative estimate of drug-likeness (QED) is 0.739. The van der Waals surface area contributed by atoms with Crippen molar-refractivity contribution in [2.24, 2.45) is 5.92 Å². The third-order valence-corrected chi connectivity index (χ3v) is 7.52. The molecular formula is C20H30N2O4S. The molecular weight excluding hydrogens is 364 g/mol. The molecule has 1 amide bonds. The Hall–Kier alpha value is -1.44. The predicted molar refractivity (Wildman–Crippen MR) is 105 cm³/mol. The van der Waals surface area contributed by atoms with Crippen LogP contribution in [0.1, 0.15) is 31.7 Å². The lowest BCUT2D eigenvalue weighted by atomic mass is 9.92. The number of hydrogen-bond acceptors (Lipinski definition) is 4. The molecule has 3 rings (SSSR count). The van der Waals surface area contributed by atoms with Gasteiger partial charge in [0.1, 0.15) is 0 Å². The van der Waals surface area contributed by atoms with Crippen molar-refractivity contribution in [2.45, 2.75) is 38.6 Å². The molecule has 0 aromatic heterocycles. The Morgan fingerprint density at radius 2 is 2.00 bits per heavy atom. The molecule has 0 unspecified atom stereocenters. The molecule has 2 fully saturated rings. The monoisotopic (exact) mass is 394 g/mol. The topological polar surface area (TPSA) is 66.9 Å². The van der Waals surface area contributed by atoms with E-state index in [0.717, 1.165) is 12.8 Å². The minimum atomic E-state index is -3.25. The molecule has 0 saturated carbocycles. The number of piperidine rings is 1. The Morgan fingerprint density at radius 1 is 1.22 bits per heavy atom. The van der Waals surface area contributed by atoms with Crippen LogP contribution in [0.15, 0.2) is 30.3 Å². The molecule has 2 aliphatic heterocycles. The molecule has 0 N–H and O–H groups in total. The summed E-state index contributed by atoms with van der Waals surface area (Å²) in [5, 5.41) is 0. The minimum Gasteiger partial charge on any atom is -0.380 e. The van der Waals surface area contributed by atoms with Crippen molar-refractivity contribution >= 4 is 15.9 Å². The number of fused-ring (bicyclic) bond motifs is 1. The van der Waals surface area contributed by atoms with Crippen molar-refractivity contribution in [1.82, 2.24) is 9.21 Å². The van der Waals surface area contributed by atoms with E-state index in [9.17, 15) is 13.2 Å². The summed E-state index contributed by atoms with van der Waals surface area (Å²) in [6.07, 6.45) is 2.96. The molecule has 2 saturated heterocycles. The van der Waals surface area contributed by atoms with Crippen molar-refractivity contribution in [3.63, 3.8) is 0 Å². The number of ether oxygens (including phenoxy) is 1. The SMILES string of the molecule is CCS(=O)(=O)N1CCOC[C@H]2CN(C(=O)CCCc3ccccc3)CC[C@H]21. The molecule has 6 nitrogen and oxygen atoms in total. The number of aryl methyl sites for hydroxylation is 1. The van der Waals surface area contributed by atoms with Crippen LogP contribution < -0.4 is 0 Å². The third-order valence-electron chi connectivity index (χ3n) is 5.63. The highest BCUT2D eigenvalue weighted by molar-refractivity contribution is 7.89. The number of carbonyl (C=O) groups is 1. The summed E-state index contributed by atoms with van der Waals surface area (Å²) in [7, 11) is -3.25. The van der Waals surface area contributed by atoms with Crippen molar-refractivity contribution in [2.75, 3.05) is 38.6 Å². The Morgan fingerprint density at radius 3 is 2.74 bits per heavy atom. The van der Waals surface area contributed by atoms with Gasteiger partial charge in [-0.1, -0.05) is 30.3 Å². The summed E-state index contributed by atoms with van der Waals surface area (Å²) in [5.41, 5.74) is 1.25. The molecule has 1 aromatic carbocycles. The van der Waals surface area contributed by atoms with E-state index in [-0.39, 0.29) is 23.6 Å². The smallest absolute Gasteiger partial charge is 0.222 e. The molecule has 0 spiro atoms. The fourth-order valence-corrected chi connectivity index (χ4v) is 5.48. The molecule has 1 aromatic rings. The number of amides is 1. The van der Waals surface area contributed by atoms with Crippen LogP contribution in [0.4, 0.5) is 0 Å². The second-order valence-electron chi connectivity index (χ2n) is 7.38. The first kappa shape index (κ1) is 20.3. The lowest BCUT2D eigenvalue weighted by Crippen LogP contribution is -2.54. The van der Waals surface area contributed by atoms with Crippen LogP contribution in [0.25, 0.3) is 0 Å². The van der Waals surface area contributed by atoms with Crippen molar-refractivity contribution in [1.29, 1.82) is 0 Å². The second kappa shape index (κ2) is 9.17. The van der Waals surface area contributed by atoms with Crippen LogP contribution in [0, 0.1) is 5.92 Å². The highest BCUT2D eigenvalue weighted by atomic mass is 32.2. The maximum atomic E-state index is 12.6. The van der Waals surface area contributed by atoms with E-state index in [1.54, 1.807) is 11.2 Å². The Kier molecular flexibility index (Phi) is 6.89. The van der Waals surface area contributed by atoms with Crippen LogP contribution >= 0.6 is 0 Å². The van der Waals surface area contributed by atoms with Crippen LogP contribution in [-0.2, 0) is 26.0 Å². The van der Waals surface area contributed by atoms with E-state index >= 15 is 0 Å². The van der Waals surface area contributed by atoms with Crippen LogP contribution in [-0.4, -0.2) is 68.2 Å². The zero-order valence-corrected chi connectivity index (χ0v) is 16.9. The van der Waals surface area contributed by atoms with Gasteiger partial charge in [-0.3, -0.25) is 4.79 Å². The zero-order chi connectivity index (χ0) is 19.3. The van der Waals surface area contributed by atoms with Gasteiger partial charge in [-0.25, -0.2) is 8.42 Å². The van der Waals surface area contributed by atoms with Crippen molar-refractivity contribution in [3.05, 3.63) is 35.9 Å². The first-order valence-corrected chi connectivity index (χ1v) is 11.5. The lowest BCUT2D eigenvalue weighted by molar-refractivity contribution is -0.134. The van der Waals surface area contributed by atoms with E-state index in [0.29, 0.717) is 45.7 Å². The molecule has 0 bridgehead atoms. The summed E-state index contributed by atoms with van der Waals surface area (Å²) in [6.45, 7) is 4.26. The number of likely N-dealkylation sites (tertiary alicyclic amines) is 1. The molecule has 0 aliphatic carbocycles. The van der Waals surface area contributed by atoms with Gasteiger partial charge in [-0.15, -0.1) is 0 Å². The third kappa shape index (κ3) is 5.09. The average molecular weight is 395 g/mol. The van der Waals surface area contributed by atoms with E-state index in [1.165, 1.54) is 5.56 Å². The van der Waals surface area contributed by atoms with Crippen molar-refractivity contribution < 1.29 is 17.9 Å². The van der Waals surface area contributed by atoms with Gasteiger partial charge in [-0.2, -0.15) is 4.31 Å². The largest absolute Gasteiger partial charge is 0.380 e. The normalized spacial score (nSPS) is 24.3. The van der Waals surface area contributed by atoms with Gasteiger partial charge >= 0.3 is 0 Å². The first-order chi connectivity index (χ1) is 13.0. The number of rotatable bonds is 6. The highest BCUT2D eigenvalue weighted by Crippen LogP contribution is 2.28. The van der Waals surface area contributed by atoms with Crippen molar-refractivity contribution in [3.8, 4) is 0 Å². The van der Waals surface area contributed by atoms with Gasteiger partial charge in [-0.05, 0) is 31.7 Å². The van der Waals surface area contributed by atoms with E-state index in [2.05, 4.69) is 12.1 Å². The molecule has 7 heteroatoms. The summed E-state index contributed by atoms with van der Waals surface area (Å²) in [5.74, 6) is 0.331. The number of nitrogens with zero attached hydrogens (tertiary/aromatic N) is 2. The summed E-state index contributed by atoms with van der Waals surface area (Å²) >= 11 is 0. The van der Waals surface area contributed by atoms with Crippen LogP contribution in [0.3, 0.4) is 0 Å².